The van der Waals surface area contributed by atoms with Crippen molar-refractivity contribution < 1.29 is 0 Å². The summed E-state index contributed by atoms with van der Waals surface area (Å²) in [6.45, 7) is 4.11. The van der Waals surface area contributed by atoms with Gasteiger partial charge in [-0.2, -0.15) is 0 Å². The van der Waals surface area contributed by atoms with E-state index in [0.717, 1.165) is 4.34 Å². The maximum atomic E-state index is 5.94. The highest BCUT2D eigenvalue weighted by atomic mass is 35.5. The van der Waals surface area contributed by atoms with Crippen LogP contribution in [0.1, 0.15) is 24.6 Å². The third-order valence-corrected chi connectivity index (χ3v) is 3.54. The zero-order valence-electron chi connectivity index (χ0n) is 6.47. The molecule has 0 nitrogen and oxygen atoms in total. The molecule has 0 amide bonds. The molecule has 1 aromatic heterocycles. The van der Waals surface area contributed by atoms with Crippen molar-refractivity contribution in [2.45, 2.75) is 25.1 Å². The second kappa shape index (κ2) is 3.79. The number of alkyl halides is 1. The summed E-state index contributed by atoms with van der Waals surface area (Å²) in [4.78, 5) is 1.26. The van der Waals surface area contributed by atoms with E-state index in [1.54, 1.807) is 11.3 Å². The lowest BCUT2D eigenvalue weighted by molar-refractivity contribution is 0.757. The molecule has 0 bridgehead atoms. The van der Waals surface area contributed by atoms with Crippen molar-refractivity contribution in [1.29, 1.82) is 0 Å². The molecule has 62 valence electrons. The molecule has 11 heavy (non-hydrogen) atoms. The second-order valence-electron chi connectivity index (χ2n) is 2.61. The Kier molecular flexibility index (Phi) is 3.23. The van der Waals surface area contributed by atoms with Gasteiger partial charge in [-0.15, -0.1) is 22.9 Å². The number of hydrogen-bond donors (Lipinski definition) is 0. The van der Waals surface area contributed by atoms with Gasteiger partial charge in [0, 0.05) is 16.2 Å². The molecule has 0 saturated carbocycles. The molecule has 1 rings (SSSR count). The summed E-state index contributed by atoms with van der Waals surface area (Å²) in [5.41, 5.74) is 0. The SMILES string of the molecule is CC(Cl)C(C)c1ccc(Cl)s1. The molecule has 0 radical (unpaired) electrons. The molecule has 0 spiro atoms. The number of thiophene rings is 1. The maximum absolute atomic E-state index is 5.94. The van der Waals surface area contributed by atoms with Crippen molar-refractivity contribution in [2.24, 2.45) is 0 Å². The first-order valence-corrected chi connectivity index (χ1v) is 5.13. The predicted molar refractivity (Wildman–Crippen MR) is 53.1 cm³/mol. The zero-order valence-corrected chi connectivity index (χ0v) is 8.80. The fraction of sp³-hybridized carbons (Fsp3) is 0.500. The van der Waals surface area contributed by atoms with Gasteiger partial charge in [-0.25, -0.2) is 0 Å². The zero-order chi connectivity index (χ0) is 8.43. The first kappa shape index (κ1) is 9.37. The number of hydrogen-bond acceptors (Lipinski definition) is 1. The molecular formula is C8H10Cl2S. The van der Waals surface area contributed by atoms with Gasteiger partial charge in [0.1, 0.15) is 0 Å². The molecule has 0 saturated heterocycles. The highest BCUT2D eigenvalue weighted by molar-refractivity contribution is 7.16. The van der Waals surface area contributed by atoms with Crippen LogP contribution in [0.3, 0.4) is 0 Å². The Morgan fingerprint density at radius 3 is 2.36 bits per heavy atom. The van der Waals surface area contributed by atoms with Crippen LogP contribution in [-0.2, 0) is 0 Å². The van der Waals surface area contributed by atoms with Gasteiger partial charge in [-0.1, -0.05) is 18.5 Å². The van der Waals surface area contributed by atoms with Crippen LogP contribution in [0.5, 0.6) is 0 Å². The normalized spacial score (nSPS) is 16.4. The molecule has 2 unspecified atom stereocenters. The topological polar surface area (TPSA) is 0 Å². The fourth-order valence-electron chi connectivity index (χ4n) is 0.799. The fourth-order valence-corrected chi connectivity index (χ4v) is 2.23. The number of rotatable bonds is 2. The van der Waals surface area contributed by atoms with Crippen LogP contribution >= 0.6 is 34.5 Å². The minimum atomic E-state index is 0.171. The second-order valence-corrected chi connectivity index (χ2v) is 5.04. The molecule has 0 aliphatic heterocycles. The maximum Gasteiger partial charge on any atom is 0.0931 e. The van der Waals surface area contributed by atoms with Gasteiger partial charge in [0.05, 0.1) is 4.34 Å². The Morgan fingerprint density at radius 1 is 1.36 bits per heavy atom. The van der Waals surface area contributed by atoms with Gasteiger partial charge in [-0.05, 0) is 19.1 Å². The highest BCUT2D eigenvalue weighted by Crippen LogP contribution is 2.31. The van der Waals surface area contributed by atoms with E-state index in [-0.39, 0.29) is 5.38 Å². The van der Waals surface area contributed by atoms with E-state index in [4.69, 9.17) is 23.2 Å². The quantitative estimate of drug-likeness (QED) is 0.642. The standard InChI is InChI=1S/C8H10Cl2S/c1-5(6(2)9)7-3-4-8(10)11-7/h3-6H,1-2H3. The minimum Gasteiger partial charge on any atom is -0.128 e. The third kappa shape index (κ3) is 2.36. The van der Waals surface area contributed by atoms with Crippen molar-refractivity contribution >= 4 is 34.5 Å². The summed E-state index contributed by atoms with van der Waals surface area (Å²) in [6.07, 6.45) is 0. The molecule has 0 N–H and O–H groups in total. The summed E-state index contributed by atoms with van der Waals surface area (Å²) in [6, 6.07) is 3.95. The van der Waals surface area contributed by atoms with Crippen LogP contribution in [0.15, 0.2) is 12.1 Å². The summed E-state index contributed by atoms with van der Waals surface area (Å²) < 4.78 is 0.837. The Hall–Kier alpha value is 0.280. The van der Waals surface area contributed by atoms with Gasteiger partial charge in [0.25, 0.3) is 0 Å². The van der Waals surface area contributed by atoms with Crippen molar-refractivity contribution in [2.75, 3.05) is 0 Å². The summed E-state index contributed by atoms with van der Waals surface area (Å²) in [5.74, 6) is 0.397. The van der Waals surface area contributed by atoms with Crippen LogP contribution < -0.4 is 0 Å². The van der Waals surface area contributed by atoms with E-state index in [2.05, 4.69) is 6.92 Å². The first-order valence-electron chi connectivity index (χ1n) is 3.50. The Morgan fingerprint density at radius 2 is 2.00 bits per heavy atom. The van der Waals surface area contributed by atoms with Gasteiger partial charge < -0.3 is 0 Å². The van der Waals surface area contributed by atoms with Crippen LogP contribution in [0.2, 0.25) is 4.34 Å². The van der Waals surface area contributed by atoms with Gasteiger partial charge in [-0.3, -0.25) is 0 Å². The van der Waals surface area contributed by atoms with E-state index in [1.165, 1.54) is 4.88 Å². The molecule has 1 heterocycles. The van der Waals surface area contributed by atoms with Crippen molar-refractivity contribution in [1.82, 2.24) is 0 Å². The largest absolute Gasteiger partial charge is 0.128 e. The summed E-state index contributed by atoms with van der Waals surface area (Å²) >= 11 is 13.3. The van der Waals surface area contributed by atoms with Crippen LogP contribution in [0.4, 0.5) is 0 Å². The molecule has 3 heteroatoms. The highest BCUT2D eigenvalue weighted by Gasteiger charge is 2.13. The lowest BCUT2D eigenvalue weighted by Gasteiger charge is -2.10. The van der Waals surface area contributed by atoms with E-state index >= 15 is 0 Å². The average Bonchev–Trinajstić information content (AvgIpc) is 2.34. The lowest BCUT2D eigenvalue weighted by Crippen LogP contribution is -2.02. The minimum absolute atomic E-state index is 0.171. The van der Waals surface area contributed by atoms with Gasteiger partial charge in [0.15, 0.2) is 0 Å². The van der Waals surface area contributed by atoms with Crippen molar-refractivity contribution in [3.05, 3.63) is 21.3 Å². The lowest BCUT2D eigenvalue weighted by atomic mass is 10.1. The van der Waals surface area contributed by atoms with E-state index in [1.807, 2.05) is 19.1 Å². The Balaban J connectivity index is 2.76. The van der Waals surface area contributed by atoms with Gasteiger partial charge >= 0.3 is 0 Å². The molecule has 1 aromatic rings. The third-order valence-electron chi connectivity index (χ3n) is 1.73. The van der Waals surface area contributed by atoms with Crippen LogP contribution in [-0.4, -0.2) is 5.38 Å². The first-order chi connectivity index (χ1) is 5.11. The van der Waals surface area contributed by atoms with Crippen molar-refractivity contribution in [3.8, 4) is 0 Å². The Bertz CT molecular complexity index is 230. The van der Waals surface area contributed by atoms with Crippen molar-refractivity contribution in [3.63, 3.8) is 0 Å². The summed E-state index contributed by atoms with van der Waals surface area (Å²) in [7, 11) is 0. The smallest absolute Gasteiger partial charge is 0.0931 e. The molecule has 0 aromatic carbocycles. The van der Waals surface area contributed by atoms with Crippen LogP contribution in [0, 0.1) is 0 Å². The monoisotopic (exact) mass is 208 g/mol. The average molecular weight is 209 g/mol. The summed E-state index contributed by atoms with van der Waals surface area (Å²) in [5, 5.41) is 0.171. The molecular weight excluding hydrogens is 199 g/mol. The van der Waals surface area contributed by atoms with E-state index in [9.17, 15) is 0 Å². The molecule has 0 aliphatic rings. The Labute approximate surface area is 81.1 Å². The van der Waals surface area contributed by atoms with Crippen LogP contribution in [0.25, 0.3) is 0 Å². The van der Waals surface area contributed by atoms with E-state index < -0.39 is 0 Å². The van der Waals surface area contributed by atoms with Gasteiger partial charge in [0.2, 0.25) is 0 Å². The molecule has 0 aliphatic carbocycles. The van der Waals surface area contributed by atoms with E-state index in [0.29, 0.717) is 5.92 Å². The molecule has 0 fully saturated rings. The predicted octanol–water partition coefficient (Wildman–Crippen LogP) is 4.13. The molecule has 2 atom stereocenters. The number of halogens is 2.